The molecule has 1 aromatic rings. The number of hydrogen-bond donors (Lipinski definition) is 2. The maximum Gasteiger partial charge on any atom is 0.308 e. The first kappa shape index (κ1) is 11.5. The van der Waals surface area contributed by atoms with Crippen LogP contribution in [-0.2, 0) is 4.79 Å². The molecule has 0 amide bonds. The molecule has 0 radical (unpaired) electrons. The van der Waals surface area contributed by atoms with Crippen LogP contribution in [0, 0.1) is 11.9 Å². The second kappa shape index (κ2) is 4.47. The molecule has 2 heterocycles. The Morgan fingerprint density at radius 1 is 1.62 bits per heavy atom. The fraction of sp³-hybridized carbons (Fsp3) is 0.400. The van der Waals surface area contributed by atoms with Crippen LogP contribution in [0.5, 0.6) is 0 Å². The molecule has 2 atom stereocenters. The number of nitrogens with one attached hydrogen (secondary N) is 1. The van der Waals surface area contributed by atoms with Crippen molar-refractivity contribution < 1.29 is 14.3 Å². The standard InChI is InChI=1S/C10H10BrFN2O2/c11-5-1-6(9(12)14-2-5)7-3-13-4-8(7)10(15)16/h1-2,7-8,13H,3-4H2,(H,15,16). The molecule has 1 aromatic heterocycles. The Bertz CT molecular complexity index is 427. The van der Waals surface area contributed by atoms with Gasteiger partial charge in [0.2, 0.25) is 5.95 Å². The molecule has 0 spiro atoms. The summed E-state index contributed by atoms with van der Waals surface area (Å²) in [6, 6.07) is 1.59. The second-order valence-electron chi connectivity index (χ2n) is 3.74. The van der Waals surface area contributed by atoms with Gasteiger partial charge >= 0.3 is 5.97 Å². The van der Waals surface area contributed by atoms with E-state index >= 15 is 0 Å². The molecule has 86 valence electrons. The summed E-state index contributed by atoms with van der Waals surface area (Å²) in [5.41, 5.74) is 0.353. The van der Waals surface area contributed by atoms with Crippen LogP contribution in [0.3, 0.4) is 0 Å². The van der Waals surface area contributed by atoms with Crippen molar-refractivity contribution in [2.24, 2.45) is 5.92 Å². The Kier molecular flexibility index (Phi) is 3.20. The number of halogens is 2. The number of hydrogen-bond acceptors (Lipinski definition) is 3. The first-order chi connectivity index (χ1) is 7.59. The van der Waals surface area contributed by atoms with Crippen LogP contribution in [0.1, 0.15) is 11.5 Å². The van der Waals surface area contributed by atoms with E-state index in [9.17, 15) is 9.18 Å². The number of pyridine rings is 1. The Morgan fingerprint density at radius 2 is 2.38 bits per heavy atom. The molecule has 1 aliphatic rings. The van der Waals surface area contributed by atoms with E-state index < -0.39 is 17.8 Å². The van der Waals surface area contributed by atoms with Crippen LogP contribution in [0.15, 0.2) is 16.7 Å². The molecular weight excluding hydrogens is 279 g/mol. The van der Waals surface area contributed by atoms with Gasteiger partial charge in [-0.15, -0.1) is 0 Å². The van der Waals surface area contributed by atoms with Gasteiger partial charge in [-0.2, -0.15) is 4.39 Å². The van der Waals surface area contributed by atoms with Gasteiger partial charge in [-0.1, -0.05) is 0 Å². The van der Waals surface area contributed by atoms with E-state index in [-0.39, 0.29) is 5.92 Å². The summed E-state index contributed by atoms with van der Waals surface area (Å²) in [7, 11) is 0. The zero-order chi connectivity index (χ0) is 11.7. The fourth-order valence-electron chi connectivity index (χ4n) is 1.96. The fourth-order valence-corrected chi connectivity index (χ4v) is 2.31. The predicted molar refractivity (Wildman–Crippen MR) is 58.6 cm³/mol. The third kappa shape index (κ3) is 2.08. The number of aromatic nitrogens is 1. The summed E-state index contributed by atoms with van der Waals surface area (Å²) in [4.78, 5) is 14.6. The van der Waals surface area contributed by atoms with Gasteiger partial charge in [-0.25, -0.2) is 4.98 Å². The third-order valence-electron chi connectivity index (χ3n) is 2.76. The highest BCUT2D eigenvalue weighted by atomic mass is 79.9. The lowest BCUT2D eigenvalue weighted by Gasteiger charge is -2.15. The maximum absolute atomic E-state index is 13.5. The van der Waals surface area contributed by atoms with Crippen LogP contribution < -0.4 is 5.32 Å². The summed E-state index contributed by atoms with van der Waals surface area (Å²) in [6.07, 6.45) is 1.36. The first-order valence-electron chi connectivity index (χ1n) is 4.84. The topological polar surface area (TPSA) is 62.2 Å². The van der Waals surface area contributed by atoms with Crippen LogP contribution >= 0.6 is 15.9 Å². The van der Waals surface area contributed by atoms with Crippen molar-refractivity contribution >= 4 is 21.9 Å². The van der Waals surface area contributed by atoms with Crippen LogP contribution in [0.2, 0.25) is 0 Å². The molecule has 2 rings (SSSR count). The van der Waals surface area contributed by atoms with Gasteiger partial charge in [0.25, 0.3) is 0 Å². The summed E-state index contributed by atoms with van der Waals surface area (Å²) in [6.45, 7) is 0.831. The van der Waals surface area contributed by atoms with Crippen molar-refractivity contribution in [2.75, 3.05) is 13.1 Å². The van der Waals surface area contributed by atoms with Gasteiger partial charge in [0.1, 0.15) is 0 Å². The molecule has 2 N–H and O–H groups in total. The van der Waals surface area contributed by atoms with Gasteiger partial charge in [-0.3, -0.25) is 4.79 Å². The summed E-state index contributed by atoms with van der Waals surface area (Å²) >= 11 is 3.20. The lowest BCUT2D eigenvalue weighted by Crippen LogP contribution is -2.21. The number of carboxylic acid groups (broad SMARTS) is 1. The summed E-state index contributed by atoms with van der Waals surface area (Å²) in [5, 5.41) is 12.0. The van der Waals surface area contributed by atoms with Crippen molar-refractivity contribution in [2.45, 2.75) is 5.92 Å². The first-order valence-corrected chi connectivity index (χ1v) is 5.63. The molecule has 6 heteroatoms. The highest BCUT2D eigenvalue weighted by Gasteiger charge is 2.35. The number of carbonyl (C=O) groups is 1. The van der Waals surface area contributed by atoms with Crippen molar-refractivity contribution in [3.8, 4) is 0 Å². The Hall–Kier alpha value is -1.01. The minimum absolute atomic E-state index is 0.353. The Morgan fingerprint density at radius 3 is 3.06 bits per heavy atom. The van der Waals surface area contributed by atoms with E-state index in [1.165, 1.54) is 6.20 Å². The lowest BCUT2D eigenvalue weighted by atomic mass is 9.90. The minimum Gasteiger partial charge on any atom is -0.481 e. The summed E-state index contributed by atoms with van der Waals surface area (Å²) in [5.74, 6) is -2.45. The largest absolute Gasteiger partial charge is 0.481 e. The molecule has 1 aliphatic heterocycles. The molecule has 0 bridgehead atoms. The smallest absolute Gasteiger partial charge is 0.308 e. The van der Waals surface area contributed by atoms with Gasteiger partial charge in [0.15, 0.2) is 0 Å². The highest BCUT2D eigenvalue weighted by molar-refractivity contribution is 9.10. The van der Waals surface area contributed by atoms with E-state index in [0.717, 1.165) is 0 Å². The molecule has 1 fully saturated rings. The van der Waals surface area contributed by atoms with Gasteiger partial charge in [0, 0.05) is 35.2 Å². The molecule has 16 heavy (non-hydrogen) atoms. The number of nitrogens with zero attached hydrogens (tertiary/aromatic N) is 1. The molecule has 2 unspecified atom stereocenters. The highest BCUT2D eigenvalue weighted by Crippen LogP contribution is 2.30. The second-order valence-corrected chi connectivity index (χ2v) is 4.66. The quantitative estimate of drug-likeness (QED) is 0.807. The molecular formula is C10H10BrFN2O2. The van der Waals surface area contributed by atoms with Crippen molar-refractivity contribution in [1.29, 1.82) is 0 Å². The third-order valence-corrected chi connectivity index (χ3v) is 3.20. The molecule has 0 aliphatic carbocycles. The van der Waals surface area contributed by atoms with Crippen molar-refractivity contribution in [3.63, 3.8) is 0 Å². The lowest BCUT2D eigenvalue weighted by molar-refractivity contribution is -0.141. The monoisotopic (exact) mass is 288 g/mol. The van der Waals surface area contributed by atoms with Crippen LogP contribution in [0.4, 0.5) is 4.39 Å². The number of aliphatic carboxylic acids is 1. The average Bonchev–Trinajstić information content (AvgIpc) is 2.70. The minimum atomic E-state index is -0.908. The normalized spacial score (nSPS) is 24.6. The van der Waals surface area contributed by atoms with Crippen LogP contribution in [-0.4, -0.2) is 29.1 Å². The average molecular weight is 289 g/mol. The Balaban J connectivity index is 2.35. The van der Waals surface area contributed by atoms with Crippen molar-refractivity contribution in [3.05, 3.63) is 28.2 Å². The zero-order valence-electron chi connectivity index (χ0n) is 8.28. The van der Waals surface area contributed by atoms with E-state index in [0.29, 0.717) is 23.1 Å². The van der Waals surface area contributed by atoms with Gasteiger partial charge < -0.3 is 10.4 Å². The summed E-state index contributed by atoms with van der Waals surface area (Å²) < 4.78 is 14.2. The van der Waals surface area contributed by atoms with Gasteiger partial charge in [-0.05, 0) is 22.0 Å². The number of carboxylic acids is 1. The SMILES string of the molecule is O=C(O)C1CNCC1c1cc(Br)cnc1F. The number of rotatable bonds is 2. The molecule has 0 saturated carbocycles. The maximum atomic E-state index is 13.5. The van der Waals surface area contributed by atoms with Gasteiger partial charge in [0.05, 0.1) is 5.92 Å². The van der Waals surface area contributed by atoms with E-state index in [1.807, 2.05) is 0 Å². The Labute approximate surface area is 100 Å². The molecule has 1 saturated heterocycles. The van der Waals surface area contributed by atoms with Crippen molar-refractivity contribution in [1.82, 2.24) is 10.3 Å². The zero-order valence-corrected chi connectivity index (χ0v) is 9.87. The molecule has 4 nitrogen and oxygen atoms in total. The van der Waals surface area contributed by atoms with E-state index in [1.54, 1.807) is 6.07 Å². The van der Waals surface area contributed by atoms with E-state index in [4.69, 9.17) is 5.11 Å². The van der Waals surface area contributed by atoms with Crippen LogP contribution in [0.25, 0.3) is 0 Å². The predicted octanol–water partition coefficient (Wildman–Crippen LogP) is 1.37. The molecule has 0 aromatic carbocycles. The van der Waals surface area contributed by atoms with E-state index in [2.05, 4.69) is 26.2 Å².